The summed E-state index contributed by atoms with van der Waals surface area (Å²) in [5.74, 6) is -4.43. The fraction of sp³-hybridized carbons (Fsp3) is 0.469. The van der Waals surface area contributed by atoms with Crippen LogP contribution in [0.4, 0.5) is 14.4 Å². The molecular formula is C96H123N3O24. The van der Waals surface area contributed by atoms with Gasteiger partial charge in [0.25, 0.3) is 5.41 Å². The number of benzene rings is 9. The number of rotatable bonds is 51. The molecule has 666 valence electrons. The second-order valence-corrected chi connectivity index (χ2v) is 30.2. The molecule has 0 aliphatic heterocycles. The molecule has 27 nitrogen and oxygen atoms in total. The number of unbranched alkanes of at least 4 members (excludes halogenated alkanes) is 12. The lowest BCUT2D eigenvalue weighted by Crippen LogP contribution is -2.49. The van der Waals surface area contributed by atoms with E-state index in [0.717, 1.165) is 165 Å². The number of hydrogen-bond donors (Lipinski definition) is 6. The van der Waals surface area contributed by atoms with Crippen LogP contribution >= 0.6 is 0 Å². The predicted molar refractivity (Wildman–Crippen MR) is 469 cm³/mol. The molecular weight excluding hydrogens is 1580 g/mol. The largest absolute Gasteiger partial charge is 0.467 e. The van der Waals surface area contributed by atoms with E-state index in [-0.39, 0.29) is 106 Å². The zero-order valence-corrected chi connectivity index (χ0v) is 72.0. The van der Waals surface area contributed by atoms with Crippen molar-refractivity contribution < 1.29 is 115 Å². The van der Waals surface area contributed by atoms with E-state index >= 15 is 0 Å². The van der Waals surface area contributed by atoms with E-state index in [1.807, 2.05) is 97.1 Å². The molecule has 0 fully saturated rings. The van der Waals surface area contributed by atoms with Gasteiger partial charge in [-0.2, -0.15) is 0 Å². The first-order valence-electron chi connectivity index (χ1n) is 42.5. The number of aliphatic hydroxyl groups excluding tert-OH is 3. The topological polar surface area (TPSA) is 361 Å². The molecule has 0 saturated carbocycles. The number of carbonyl (C=O) groups excluding carboxylic acids is 9. The number of nitrogens with one attached hydrogen (secondary N) is 3. The fourth-order valence-corrected chi connectivity index (χ4v) is 14.6. The Hall–Kier alpha value is -11.1. The van der Waals surface area contributed by atoms with E-state index in [2.05, 4.69) is 96.9 Å². The van der Waals surface area contributed by atoms with Gasteiger partial charge >= 0.3 is 54.1 Å². The number of amides is 3. The summed E-state index contributed by atoms with van der Waals surface area (Å²) in [5, 5.41) is 49.6. The van der Waals surface area contributed by atoms with Crippen molar-refractivity contribution in [2.24, 2.45) is 16.2 Å². The molecule has 9 rings (SSSR count). The van der Waals surface area contributed by atoms with E-state index in [4.69, 9.17) is 42.6 Å². The van der Waals surface area contributed by atoms with Gasteiger partial charge in [-0.25, -0.2) is 28.8 Å². The molecule has 9 aromatic carbocycles. The van der Waals surface area contributed by atoms with Crippen molar-refractivity contribution in [3.63, 3.8) is 0 Å². The highest BCUT2D eigenvalue weighted by Gasteiger charge is 2.57. The zero-order chi connectivity index (χ0) is 88.5. The van der Waals surface area contributed by atoms with Gasteiger partial charge in [0, 0.05) is 47.2 Å². The van der Waals surface area contributed by atoms with Gasteiger partial charge < -0.3 is 88.1 Å². The second kappa shape index (κ2) is 54.4. The number of ether oxygens (including phenoxy) is 12. The van der Waals surface area contributed by atoms with E-state index in [1.165, 1.54) is 21.3 Å². The molecule has 0 aliphatic rings. The van der Waals surface area contributed by atoms with Crippen LogP contribution in [0.3, 0.4) is 0 Å². The average molecular weight is 1700 g/mol. The quantitative estimate of drug-likeness (QED) is 0.00678. The summed E-state index contributed by atoms with van der Waals surface area (Å²) >= 11 is 0. The lowest BCUT2D eigenvalue weighted by atomic mass is 9.82. The van der Waals surface area contributed by atoms with Crippen molar-refractivity contribution in [1.82, 2.24) is 16.0 Å². The van der Waals surface area contributed by atoms with Crippen LogP contribution in [0.2, 0.25) is 0 Å². The molecule has 0 unspecified atom stereocenters. The molecule has 0 atom stereocenters. The van der Waals surface area contributed by atoms with Crippen LogP contribution < -0.4 is 16.0 Å². The van der Waals surface area contributed by atoms with E-state index < -0.39 is 70.3 Å². The molecule has 0 aliphatic carbocycles. The van der Waals surface area contributed by atoms with Crippen molar-refractivity contribution in [2.45, 2.75) is 156 Å². The number of fused-ring (bicyclic) bond motifs is 6. The molecule has 0 saturated heterocycles. The van der Waals surface area contributed by atoms with Crippen LogP contribution in [0.15, 0.2) is 164 Å². The number of hydrogen-bond acceptors (Lipinski definition) is 24. The van der Waals surface area contributed by atoms with Crippen molar-refractivity contribution >= 4 is 119 Å². The normalized spacial score (nSPS) is 11.4. The Balaban J connectivity index is 0.000000258. The highest BCUT2D eigenvalue weighted by Crippen LogP contribution is 2.36. The monoisotopic (exact) mass is 1700 g/mol. The Morgan fingerprint density at radius 1 is 0.301 bits per heavy atom. The maximum absolute atomic E-state index is 12.8. The summed E-state index contributed by atoms with van der Waals surface area (Å²) < 4.78 is 62.8. The molecule has 123 heavy (non-hydrogen) atoms. The number of alkyl carbamates (subject to hydrolysis) is 3. The van der Waals surface area contributed by atoms with Gasteiger partial charge in [-0.3, -0.25) is 14.4 Å². The van der Waals surface area contributed by atoms with Gasteiger partial charge in [0.15, 0.2) is 0 Å². The molecule has 3 amide bonds. The van der Waals surface area contributed by atoms with Gasteiger partial charge in [0.05, 0.1) is 80.8 Å². The molecule has 6 N–H and O–H groups in total. The van der Waals surface area contributed by atoms with E-state index in [1.54, 1.807) is 20.8 Å². The Morgan fingerprint density at radius 3 is 0.789 bits per heavy atom. The summed E-state index contributed by atoms with van der Waals surface area (Å²) in [5.41, 5.74) is -0.677. The number of methoxy groups -OCH3 is 3. The maximum atomic E-state index is 12.8. The molecule has 9 aromatic rings. The third kappa shape index (κ3) is 31.3. The molecule has 0 spiro atoms. The Labute approximate surface area is 719 Å². The first-order chi connectivity index (χ1) is 59.8. The predicted octanol–water partition coefficient (Wildman–Crippen LogP) is 15.9. The van der Waals surface area contributed by atoms with Crippen molar-refractivity contribution in [3.8, 4) is 0 Å². The second-order valence-electron chi connectivity index (χ2n) is 30.2. The first-order valence-corrected chi connectivity index (χ1v) is 42.5. The summed E-state index contributed by atoms with van der Waals surface area (Å²) in [7, 11) is 3.80. The minimum atomic E-state index is -2.12. The Morgan fingerprint density at radius 2 is 0.537 bits per heavy atom. The molecule has 27 heteroatoms. The third-order valence-corrected chi connectivity index (χ3v) is 21.4. The van der Waals surface area contributed by atoms with Crippen LogP contribution in [0.25, 0.3) is 64.6 Å². The average Bonchev–Trinajstić information content (AvgIpc) is 0.796. The number of aliphatic hydroxyl groups is 3. The first kappa shape index (κ1) is 99.0. The van der Waals surface area contributed by atoms with Gasteiger partial charge in [-0.15, -0.1) is 0 Å². The lowest BCUT2D eigenvalue weighted by molar-refractivity contribution is -0.184. The molecule has 0 radical (unpaired) electrons. The standard InChI is InChI=1S/C36H47NO11.C33H41NO8.C27H35NO5/c1-42-32(38)21-45-24-36(25-46-22-33(39)43-2,26-47-23-34(40)44-3)17-11-5-4-6-12-18-37-35(41)48-20-31-29-15-9-7-13-27(29)19-28-14-8-10-16-30(28)31;1-4-39-29(35)33(30(36)40-5-2,31(37)41-6-3)20-14-8-7-9-15-21-34-32(38)42-23-28-26-18-12-10-16-24(26)22-25-17-11-13-19-27(25)28;29-18-27(19-30,20-31)14-8-2-1-3-9-15-28-26(32)33-17-25-23-12-6-4-10-21(23)16-22-11-5-7-13-24(22)25/h7-10,13-16,19H,4-6,11-12,17-18,20-26H2,1-3H3,(H,37,41);10-13,16-19,22H,4-9,14-15,20-21,23H2,1-3H3,(H,34,38);4-7,10-13,16,29-31H,1-3,8-9,14-15,17-20H2,(H,28,32). The summed E-state index contributed by atoms with van der Waals surface area (Å²) in [6.45, 7) is 5.74. The minimum absolute atomic E-state index is 0.0212. The van der Waals surface area contributed by atoms with Gasteiger partial charge in [0.2, 0.25) is 0 Å². The van der Waals surface area contributed by atoms with Gasteiger partial charge in [-0.05, 0) is 142 Å². The van der Waals surface area contributed by atoms with Gasteiger partial charge in [-0.1, -0.05) is 223 Å². The van der Waals surface area contributed by atoms with Crippen molar-refractivity contribution in [2.75, 3.05) is 120 Å². The maximum Gasteiger partial charge on any atom is 0.407 e. The van der Waals surface area contributed by atoms with Crippen LogP contribution in [0.1, 0.15) is 153 Å². The zero-order valence-electron chi connectivity index (χ0n) is 72.0. The van der Waals surface area contributed by atoms with E-state index in [9.17, 15) is 58.5 Å². The highest BCUT2D eigenvalue weighted by atomic mass is 16.6. The highest BCUT2D eigenvalue weighted by molar-refractivity contribution is 6.18. The summed E-state index contributed by atoms with van der Waals surface area (Å²) in [6.07, 6.45) is 12.0. The van der Waals surface area contributed by atoms with E-state index in [0.29, 0.717) is 45.3 Å². The minimum Gasteiger partial charge on any atom is -0.467 e. The molecule has 0 heterocycles. The summed E-state index contributed by atoms with van der Waals surface area (Å²) in [4.78, 5) is 110. The molecule has 0 aromatic heterocycles. The SMILES string of the molecule is CCOC(=O)C(CCCCCCCNC(=O)OCc1c2ccccc2cc2ccccc12)(C(=O)OCC)C(=O)OCC.COC(=O)COCC(CCCCCCCNC(=O)OCc1c2ccccc2cc2ccccc12)(COCC(=O)OC)COCC(=O)OC.O=C(NCCCCCCCC(CO)(CO)CO)OCc1c2ccccc2cc2ccccc12. The fourth-order valence-electron chi connectivity index (χ4n) is 14.6. The third-order valence-electron chi connectivity index (χ3n) is 21.4. The lowest BCUT2D eigenvalue weighted by Gasteiger charge is -2.33. The van der Waals surface area contributed by atoms with Crippen molar-refractivity contribution in [1.29, 1.82) is 0 Å². The summed E-state index contributed by atoms with van der Waals surface area (Å²) in [6, 6.07) is 55.0. The number of esters is 6. The van der Waals surface area contributed by atoms with Gasteiger partial charge in [0.1, 0.15) is 39.6 Å². The van der Waals surface area contributed by atoms with Crippen molar-refractivity contribution in [3.05, 3.63) is 180 Å². The van der Waals surface area contributed by atoms with Crippen LogP contribution in [0.5, 0.6) is 0 Å². The smallest absolute Gasteiger partial charge is 0.407 e. The Bertz CT molecular complexity index is 4540. The molecule has 0 bridgehead atoms. The van der Waals surface area contributed by atoms with Crippen LogP contribution in [0, 0.1) is 16.2 Å². The Kier molecular flexibility index (Phi) is 43.8. The van der Waals surface area contributed by atoms with Crippen LogP contribution in [-0.4, -0.2) is 190 Å². The van der Waals surface area contributed by atoms with Crippen LogP contribution in [-0.2, 0) is 105 Å². The number of carbonyl (C=O) groups is 9.